The van der Waals surface area contributed by atoms with Crippen LogP contribution in [0.5, 0.6) is 0 Å². The maximum Gasteiger partial charge on any atom is 0.304 e. The van der Waals surface area contributed by atoms with Crippen molar-refractivity contribution in [2.24, 2.45) is 11.8 Å². The van der Waals surface area contributed by atoms with Crippen molar-refractivity contribution in [1.29, 1.82) is 0 Å². The summed E-state index contributed by atoms with van der Waals surface area (Å²) in [5.41, 5.74) is 0.841. The number of rotatable bonds is 6. The highest BCUT2D eigenvalue weighted by Crippen LogP contribution is 2.45. The summed E-state index contributed by atoms with van der Waals surface area (Å²) in [5.74, 6) is -0.852. The molecule has 1 saturated heterocycles. The second-order valence-corrected chi connectivity index (χ2v) is 11.7. The molecule has 5 atom stereocenters. The van der Waals surface area contributed by atoms with Gasteiger partial charge in [0, 0.05) is 29.0 Å². The molecule has 13 heteroatoms. The first-order valence-electron chi connectivity index (χ1n) is 10.3. The van der Waals surface area contributed by atoms with E-state index in [0.717, 1.165) is 16.2 Å². The Bertz CT molecular complexity index is 1230. The highest BCUT2D eigenvalue weighted by atomic mass is 79.9. The van der Waals surface area contributed by atoms with Crippen molar-refractivity contribution in [1.82, 2.24) is 20.0 Å². The molecule has 0 spiro atoms. The van der Waals surface area contributed by atoms with E-state index >= 15 is 0 Å². The number of ether oxygens (including phenoxy) is 2. The predicted molar refractivity (Wildman–Crippen MR) is 134 cm³/mol. The zero-order chi connectivity index (χ0) is 24.6. The molecule has 3 aromatic rings. The molecule has 182 valence electrons. The zero-order valence-corrected chi connectivity index (χ0v) is 23.1. The van der Waals surface area contributed by atoms with Crippen molar-refractivity contribution >= 4 is 60.9 Å². The lowest BCUT2D eigenvalue weighted by Gasteiger charge is -2.44. The largest absolute Gasteiger partial charge is 0.463 e. The highest BCUT2D eigenvalue weighted by Gasteiger charge is 2.44. The van der Waals surface area contributed by atoms with Gasteiger partial charge < -0.3 is 14.5 Å². The lowest BCUT2D eigenvalue weighted by molar-refractivity contribution is -0.156. The van der Waals surface area contributed by atoms with Crippen LogP contribution in [0, 0.1) is 17.7 Å². The van der Waals surface area contributed by atoms with Crippen molar-refractivity contribution in [3.8, 4) is 11.4 Å². The number of H-pyrrole nitrogens is 1. The van der Waals surface area contributed by atoms with E-state index in [-0.39, 0.29) is 52.7 Å². The first kappa shape index (κ1) is 25.5. The van der Waals surface area contributed by atoms with Crippen molar-refractivity contribution in [2.45, 2.75) is 43.2 Å². The molecule has 4 rings (SSSR count). The number of nitrogens with zero attached hydrogens (tertiary/aromatic N) is 3. The first-order chi connectivity index (χ1) is 16.1. The van der Waals surface area contributed by atoms with E-state index in [1.807, 2.05) is 6.92 Å². The number of carbonyl (C=O) groups excluding carboxylic acids is 1. The van der Waals surface area contributed by atoms with Gasteiger partial charge in [0.05, 0.1) is 33.0 Å². The van der Waals surface area contributed by atoms with E-state index in [9.17, 15) is 14.0 Å². The van der Waals surface area contributed by atoms with Crippen molar-refractivity contribution in [3.05, 3.63) is 48.1 Å². The number of halogens is 3. The summed E-state index contributed by atoms with van der Waals surface area (Å²) in [4.78, 5) is 26.4. The van der Waals surface area contributed by atoms with Crippen LogP contribution in [0.3, 0.4) is 0 Å². The van der Waals surface area contributed by atoms with E-state index < -0.39 is 0 Å². The van der Waals surface area contributed by atoms with Gasteiger partial charge in [-0.2, -0.15) is 0 Å². The summed E-state index contributed by atoms with van der Waals surface area (Å²) >= 11 is 9.03. The summed E-state index contributed by atoms with van der Waals surface area (Å²) < 4.78 is 28.2. The van der Waals surface area contributed by atoms with Gasteiger partial charge in [-0.1, -0.05) is 42.2 Å². The molecule has 0 aliphatic carbocycles. The van der Waals surface area contributed by atoms with Crippen LogP contribution in [0.25, 0.3) is 11.4 Å². The Hall–Kier alpha value is -1.54. The minimum absolute atomic E-state index is 0.0349. The van der Waals surface area contributed by atoms with Gasteiger partial charge in [0.1, 0.15) is 17.7 Å². The van der Waals surface area contributed by atoms with Crippen LogP contribution in [0.4, 0.5) is 4.39 Å². The Kier molecular flexibility index (Phi) is 7.97. The average Bonchev–Trinajstić information content (AvgIpc) is 3.42. The van der Waals surface area contributed by atoms with E-state index in [1.54, 1.807) is 28.4 Å². The summed E-state index contributed by atoms with van der Waals surface area (Å²) in [6, 6.07) is 3.27. The number of nitrogens with one attached hydrogen (secondary N) is 1. The second kappa shape index (κ2) is 10.6. The quantitative estimate of drug-likeness (QED) is 0.292. The van der Waals surface area contributed by atoms with Gasteiger partial charge in [-0.25, -0.2) is 9.07 Å². The van der Waals surface area contributed by atoms with Gasteiger partial charge >= 0.3 is 10.8 Å². The van der Waals surface area contributed by atoms with Crippen molar-refractivity contribution in [3.63, 3.8) is 0 Å². The average molecular weight is 636 g/mol. The molecule has 0 bridgehead atoms. The number of thiazole rings is 1. The zero-order valence-electron chi connectivity index (χ0n) is 18.3. The van der Waals surface area contributed by atoms with Crippen LogP contribution in [0.15, 0.2) is 42.3 Å². The van der Waals surface area contributed by atoms with Crippen LogP contribution in [0.1, 0.15) is 26.8 Å². The fraction of sp³-hybridized carbons (Fsp3) is 0.429. The summed E-state index contributed by atoms with van der Waals surface area (Å²) in [6.45, 7) is 5.54. The molecule has 2 unspecified atom stereocenters. The van der Waals surface area contributed by atoms with E-state index in [4.69, 9.17) is 9.47 Å². The van der Waals surface area contributed by atoms with E-state index in [0.29, 0.717) is 20.3 Å². The number of hydrogen-bond donors (Lipinski definition) is 1. The third kappa shape index (κ3) is 5.48. The normalized spacial score (nSPS) is 24.8. The van der Waals surface area contributed by atoms with Crippen LogP contribution in [-0.2, 0) is 14.3 Å². The van der Waals surface area contributed by atoms with Gasteiger partial charge in [-0.05, 0) is 44.0 Å². The van der Waals surface area contributed by atoms with Gasteiger partial charge in [0.15, 0.2) is 5.82 Å². The first-order valence-corrected chi connectivity index (χ1v) is 13.7. The summed E-state index contributed by atoms with van der Waals surface area (Å²) in [5, 5.41) is 10.3. The minimum atomic E-state index is -0.386. The third-order valence-electron chi connectivity index (χ3n) is 5.67. The van der Waals surface area contributed by atoms with Crippen LogP contribution in [-0.4, -0.2) is 44.1 Å². The highest BCUT2D eigenvalue weighted by molar-refractivity contribution is 9.11. The number of aromatic amines is 1. The monoisotopic (exact) mass is 634 g/mol. The molecule has 1 aliphatic rings. The maximum absolute atomic E-state index is 14.1. The standard InChI is InChI=1S/C21H21Br2FN4O4S2/c1-9-17(7-31-11(3)29)32-20(34-12-4-13(22)18(24)14(23)5-12)10(2)19(9)28-6-15(26-27-28)16-8-33-21(30)25-16/h4-6,8-10,17,19-20H,7H2,1-3H3,(H,25,30)/t9-,10?,17?,19-,20+/m0/s1. The van der Waals surface area contributed by atoms with Gasteiger partial charge in [0.2, 0.25) is 0 Å². The Morgan fingerprint density at radius 3 is 2.65 bits per heavy atom. The molecular formula is C21H21Br2FN4O4S2. The Morgan fingerprint density at radius 2 is 2.03 bits per heavy atom. The fourth-order valence-corrected chi connectivity index (χ4v) is 7.25. The molecule has 0 saturated carbocycles. The van der Waals surface area contributed by atoms with E-state index in [1.165, 1.54) is 18.7 Å². The molecule has 3 heterocycles. The third-order valence-corrected chi connectivity index (χ3v) is 8.78. The number of thioether (sulfide) groups is 1. The minimum Gasteiger partial charge on any atom is -0.463 e. The molecule has 8 nitrogen and oxygen atoms in total. The second-order valence-electron chi connectivity index (χ2n) is 8.02. The Morgan fingerprint density at radius 1 is 1.32 bits per heavy atom. The SMILES string of the molecule is CC(=O)OCC1O[C@H](Sc2cc(Br)c(F)c(Br)c2)C(C)[C@@H](n2cc(-c3csc(=O)[nH]3)nn2)[C@H]1C. The molecular weight excluding hydrogens is 615 g/mol. The number of benzene rings is 1. The Labute approximate surface area is 219 Å². The fourth-order valence-electron chi connectivity index (χ4n) is 3.97. The van der Waals surface area contributed by atoms with Gasteiger partial charge in [-0.15, -0.1) is 5.10 Å². The molecule has 1 fully saturated rings. The summed E-state index contributed by atoms with van der Waals surface area (Å²) in [7, 11) is 0. The smallest absolute Gasteiger partial charge is 0.304 e. The molecule has 1 N–H and O–H groups in total. The number of carbonyl (C=O) groups is 1. The molecule has 1 aromatic carbocycles. The van der Waals surface area contributed by atoms with Gasteiger partial charge in [0.25, 0.3) is 0 Å². The summed E-state index contributed by atoms with van der Waals surface area (Å²) in [6.07, 6.45) is 1.42. The van der Waals surface area contributed by atoms with Crippen LogP contribution in [0.2, 0.25) is 0 Å². The van der Waals surface area contributed by atoms with Crippen LogP contribution >= 0.6 is 55.0 Å². The Balaban J connectivity index is 1.64. The van der Waals surface area contributed by atoms with Crippen molar-refractivity contribution in [2.75, 3.05) is 6.61 Å². The van der Waals surface area contributed by atoms with Crippen LogP contribution < -0.4 is 4.87 Å². The predicted octanol–water partition coefficient (Wildman–Crippen LogP) is 5.25. The number of hydrogen-bond acceptors (Lipinski definition) is 8. The molecule has 34 heavy (non-hydrogen) atoms. The molecule has 0 radical (unpaired) electrons. The molecule has 0 amide bonds. The lowest BCUT2D eigenvalue weighted by atomic mass is 9.84. The molecule has 1 aliphatic heterocycles. The number of esters is 1. The molecule has 2 aromatic heterocycles. The van der Waals surface area contributed by atoms with E-state index in [2.05, 4.69) is 54.1 Å². The van der Waals surface area contributed by atoms with Crippen molar-refractivity contribution < 1.29 is 18.7 Å². The topological polar surface area (TPSA) is 99.1 Å². The maximum atomic E-state index is 14.1. The van der Waals surface area contributed by atoms with Gasteiger partial charge in [-0.3, -0.25) is 9.59 Å². The lowest BCUT2D eigenvalue weighted by Crippen LogP contribution is -2.47. The number of aromatic nitrogens is 4.